The summed E-state index contributed by atoms with van der Waals surface area (Å²) in [7, 11) is 0. The van der Waals surface area contributed by atoms with Crippen molar-refractivity contribution >= 4 is 22.5 Å². The third kappa shape index (κ3) is 7.29. The van der Waals surface area contributed by atoms with Gasteiger partial charge in [-0.25, -0.2) is 14.4 Å². The van der Waals surface area contributed by atoms with E-state index in [1.807, 2.05) is 0 Å². The monoisotopic (exact) mass is 688 g/mol. The molecule has 3 aliphatic rings. The molecule has 0 aromatic carbocycles. The Balaban J connectivity index is 1.40. The molecular weight excluding hydrogens is 653 g/mol. The van der Waals surface area contributed by atoms with Crippen LogP contribution in [0.1, 0.15) is 37.4 Å². The number of rotatable bonds is 6. The SMILES string of the molecule is Cc1nc(N)cc(-c2nc3c4c(nc(OCC5(CN6CCOC(C(F)(F)F)C6)CC5)nc4c2F)NCCNCCC(C)O3)c1C(F)(F)F. The van der Waals surface area contributed by atoms with Crippen LogP contribution in [0.5, 0.6) is 11.9 Å². The summed E-state index contributed by atoms with van der Waals surface area (Å²) in [6.07, 6.45) is -9.91. The van der Waals surface area contributed by atoms with Crippen LogP contribution in [0.2, 0.25) is 0 Å². The Bertz CT molecular complexity index is 1670. The molecule has 3 aromatic rings. The van der Waals surface area contributed by atoms with Crippen LogP contribution in [0.4, 0.5) is 42.4 Å². The molecule has 0 amide bonds. The van der Waals surface area contributed by atoms with E-state index in [9.17, 15) is 26.3 Å². The molecule has 2 fully saturated rings. The summed E-state index contributed by atoms with van der Waals surface area (Å²) in [5, 5.41) is 6.35. The van der Waals surface area contributed by atoms with Crippen LogP contribution in [0.15, 0.2) is 6.07 Å². The largest absolute Gasteiger partial charge is 0.474 e. The summed E-state index contributed by atoms with van der Waals surface area (Å²) in [4.78, 5) is 18.4. The van der Waals surface area contributed by atoms with E-state index < -0.39 is 63.8 Å². The summed E-state index contributed by atoms with van der Waals surface area (Å²) in [5.41, 5.74) is 1.94. The van der Waals surface area contributed by atoms with Gasteiger partial charge < -0.3 is 30.6 Å². The maximum atomic E-state index is 16.6. The Morgan fingerprint density at radius 2 is 1.85 bits per heavy atom. The number of morpholine rings is 1. The molecule has 18 heteroatoms. The second-order valence-corrected chi connectivity index (χ2v) is 12.5. The molecular formula is C30H35F7N8O3. The highest BCUT2D eigenvalue weighted by atomic mass is 19.4. The first kappa shape index (κ1) is 34.1. The topological polar surface area (TPSA) is 133 Å². The number of nitrogen functional groups attached to an aromatic ring is 1. The summed E-state index contributed by atoms with van der Waals surface area (Å²) in [6, 6.07) is 0.632. The van der Waals surface area contributed by atoms with Gasteiger partial charge in [-0.15, -0.1) is 0 Å². The van der Waals surface area contributed by atoms with Crippen molar-refractivity contribution in [3.05, 3.63) is 23.1 Å². The van der Waals surface area contributed by atoms with Crippen LogP contribution in [0.3, 0.4) is 0 Å². The van der Waals surface area contributed by atoms with Crippen LogP contribution in [0, 0.1) is 18.2 Å². The van der Waals surface area contributed by atoms with Gasteiger partial charge >= 0.3 is 18.4 Å². The average molecular weight is 689 g/mol. The minimum absolute atomic E-state index is 0.0114. The van der Waals surface area contributed by atoms with E-state index in [2.05, 4.69) is 30.6 Å². The molecule has 6 rings (SSSR count). The van der Waals surface area contributed by atoms with Gasteiger partial charge in [0.2, 0.25) is 5.88 Å². The van der Waals surface area contributed by atoms with E-state index in [1.165, 1.54) is 0 Å². The Hall–Kier alpha value is -3.77. The van der Waals surface area contributed by atoms with Gasteiger partial charge in [-0.05, 0) is 45.7 Å². The quantitative estimate of drug-likeness (QED) is 0.311. The van der Waals surface area contributed by atoms with Gasteiger partial charge in [0.1, 0.15) is 28.2 Å². The first-order chi connectivity index (χ1) is 22.6. The maximum Gasteiger partial charge on any atom is 0.418 e. The minimum atomic E-state index is -4.92. The molecule has 48 heavy (non-hydrogen) atoms. The fraction of sp³-hybridized carbons (Fsp3) is 0.600. The normalized spacial score (nSPS) is 22.0. The number of halogens is 7. The van der Waals surface area contributed by atoms with Crippen LogP contribution in [-0.2, 0) is 10.9 Å². The highest BCUT2D eigenvalue weighted by molar-refractivity contribution is 5.96. The van der Waals surface area contributed by atoms with E-state index in [4.69, 9.17) is 19.9 Å². The van der Waals surface area contributed by atoms with Gasteiger partial charge in [-0.3, -0.25) is 4.90 Å². The van der Waals surface area contributed by atoms with Gasteiger partial charge in [0, 0.05) is 43.7 Å². The van der Waals surface area contributed by atoms with Crippen LogP contribution < -0.4 is 25.8 Å². The first-order valence-electron chi connectivity index (χ1n) is 15.5. The zero-order chi connectivity index (χ0) is 34.4. The van der Waals surface area contributed by atoms with E-state index in [0.29, 0.717) is 52.0 Å². The predicted octanol–water partition coefficient (Wildman–Crippen LogP) is 4.73. The van der Waals surface area contributed by atoms with Crippen LogP contribution in [-0.4, -0.2) is 95.7 Å². The summed E-state index contributed by atoms with van der Waals surface area (Å²) in [6.45, 7) is 4.56. The second-order valence-electron chi connectivity index (χ2n) is 12.5. The smallest absolute Gasteiger partial charge is 0.418 e. The lowest BCUT2D eigenvalue weighted by molar-refractivity contribution is -0.238. The molecule has 1 saturated heterocycles. The Kier molecular flexibility index (Phi) is 9.18. The average Bonchev–Trinajstić information content (AvgIpc) is 3.76. The Morgan fingerprint density at radius 1 is 1.08 bits per heavy atom. The lowest BCUT2D eigenvalue weighted by Crippen LogP contribution is -2.51. The van der Waals surface area contributed by atoms with E-state index in [1.54, 1.807) is 11.8 Å². The second kappa shape index (κ2) is 12.9. The highest BCUT2D eigenvalue weighted by Crippen LogP contribution is 2.47. The van der Waals surface area contributed by atoms with Crippen molar-refractivity contribution in [1.29, 1.82) is 0 Å². The summed E-state index contributed by atoms with van der Waals surface area (Å²) in [5.74, 6) is -1.55. The predicted molar refractivity (Wildman–Crippen MR) is 160 cm³/mol. The summed E-state index contributed by atoms with van der Waals surface area (Å²) >= 11 is 0. The first-order valence-corrected chi connectivity index (χ1v) is 15.5. The number of nitrogens with one attached hydrogen (secondary N) is 2. The van der Waals surface area contributed by atoms with E-state index in [-0.39, 0.29) is 48.7 Å². The molecule has 3 aromatic heterocycles. The standard InChI is InChI=1S/C30H35F7N8O3/c1-15-3-6-39-7-8-40-25-20-24(22(31)23(42-26(20)48-15)17-11-19(38)41-16(2)21(17)30(35,36)37)43-27(44-25)47-14-28(4-5-28)13-45-9-10-46-18(12-45)29(32,33)34/h11,15,18,39H,3-10,12-14H2,1-2H3,(H2,38,41)(H,40,43,44). The number of aryl methyl sites for hydroxylation is 1. The third-order valence-corrected chi connectivity index (χ3v) is 8.66. The lowest BCUT2D eigenvalue weighted by atomic mass is 10.0. The number of anilines is 2. The number of aromatic nitrogens is 4. The number of ether oxygens (including phenoxy) is 3. The molecule has 1 saturated carbocycles. The zero-order valence-corrected chi connectivity index (χ0v) is 26.2. The number of alkyl halides is 6. The molecule has 5 heterocycles. The molecule has 1 aliphatic carbocycles. The van der Waals surface area contributed by atoms with Gasteiger partial charge in [-0.1, -0.05) is 0 Å². The molecule has 2 atom stereocenters. The third-order valence-electron chi connectivity index (χ3n) is 8.66. The summed E-state index contributed by atoms with van der Waals surface area (Å²) < 4.78 is 116. The molecule has 11 nitrogen and oxygen atoms in total. The van der Waals surface area contributed by atoms with Gasteiger partial charge in [-0.2, -0.15) is 36.3 Å². The van der Waals surface area contributed by atoms with Crippen molar-refractivity contribution in [1.82, 2.24) is 30.2 Å². The molecule has 2 aliphatic heterocycles. The van der Waals surface area contributed by atoms with Crippen LogP contribution >= 0.6 is 0 Å². The number of nitrogens with zero attached hydrogens (tertiary/aromatic N) is 5. The highest BCUT2D eigenvalue weighted by Gasteiger charge is 2.49. The minimum Gasteiger partial charge on any atom is -0.474 e. The van der Waals surface area contributed by atoms with E-state index >= 15 is 4.39 Å². The fourth-order valence-electron chi connectivity index (χ4n) is 6.03. The van der Waals surface area contributed by atoms with Gasteiger partial charge in [0.05, 0.1) is 30.6 Å². The van der Waals surface area contributed by atoms with Gasteiger partial charge in [0.15, 0.2) is 11.9 Å². The Morgan fingerprint density at radius 3 is 2.56 bits per heavy atom. The van der Waals surface area contributed by atoms with Gasteiger partial charge in [0.25, 0.3) is 0 Å². The molecule has 4 N–H and O–H groups in total. The number of pyridine rings is 2. The number of hydrogen-bond donors (Lipinski definition) is 3. The van der Waals surface area contributed by atoms with Crippen molar-refractivity contribution in [3.8, 4) is 23.1 Å². The van der Waals surface area contributed by atoms with Crippen molar-refractivity contribution in [2.75, 3.05) is 63.5 Å². The zero-order valence-electron chi connectivity index (χ0n) is 26.2. The van der Waals surface area contributed by atoms with Crippen molar-refractivity contribution in [3.63, 3.8) is 0 Å². The molecule has 262 valence electrons. The maximum absolute atomic E-state index is 16.6. The van der Waals surface area contributed by atoms with Crippen molar-refractivity contribution < 1.29 is 44.9 Å². The fourth-order valence-corrected chi connectivity index (χ4v) is 6.03. The lowest BCUT2D eigenvalue weighted by Gasteiger charge is -2.35. The number of nitrogens with two attached hydrogens (primary N) is 1. The number of hydrogen-bond acceptors (Lipinski definition) is 11. The molecule has 2 unspecified atom stereocenters. The van der Waals surface area contributed by atoms with Crippen LogP contribution in [0.25, 0.3) is 22.2 Å². The molecule has 0 bridgehead atoms. The Labute approximate surface area is 270 Å². The van der Waals surface area contributed by atoms with Crippen molar-refractivity contribution in [2.24, 2.45) is 5.41 Å². The molecule has 0 spiro atoms. The van der Waals surface area contributed by atoms with Crippen molar-refractivity contribution in [2.45, 2.75) is 57.7 Å². The molecule has 0 radical (unpaired) electrons. The van der Waals surface area contributed by atoms with E-state index in [0.717, 1.165) is 13.0 Å².